The molecule has 1 atom stereocenters. The highest BCUT2D eigenvalue weighted by Crippen LogP contribution is 2.19. The van der Waals surface area contributed by atoms with Crippen LogP contribution < -0.4 is 0 Å². The highest BCUT2D eigenvalue weighted by Gasteiger charge is 2.26. The summed E-state index contributed by atoms with van der Waals surface area (Å²) in [7, 11) is 0. The fourth-order valence-electron chi connectivity index (χ4n) is 3.81. The van der Waals surface area contributed by atoms with Crippen molar-refractivity contribution >= 4 is 17.7 Å². The van der Waals surface area contributed by atoms with Gasteiger partial charge in [0, 0.05) is 61.2 Å². The lowest BCUT2D eigenvalue weighted by Crippen LogP contribution is -2.40. The number of carboxylic acids is 1. The number of ketones is 1. The van der Waals surface area contributed by atoms with Crippen molar-refractivity contribution in [2.45, 2.75) is 96.8 Å². The van der Waals surface area contributed by atoms with Gasteiger partial charge in [-0.3, -0.25) is 14.4 Å². The minimum Gasteiger partial charge on any atom is -0.481 e. The number of carbonyl (C=O) groups is 3. The van der Waals surface area contributed by atoms with Gasteiger partial charge in [0.1, 0.15) is 5.78 Å². The first-order valence-corrected chi connectivity index (χ1v) is 12.5. The van der Waals surface area contributed by atoms with Gasteiger partial charge >= 0.3 is 5.97 Å². The zero-order chi connectivity index (χ0) is 25.4. The Morgan fingerprint density at radius 3 is 1.79 bits per heavy atom. The smallest absolute Gasteiger partial charge is 0.303 e. The van der Waals surface area contributed by atoms with Crippen molar-refractivity contribution in [1.29, 1.82) is 0 Å². The van der Waals surface area contributed by atoms with Crippen molar-refractivity contribution < 1.29 is 19.5 Å². The van der Waals surface area contributed by atoms with Crippen LogP contribution in [0.15, 0.2) is 10.2 Å². The molecule has 0 saturated heterocycles. The monoisotopic (exact) mass is 479 g/mol. The molecule has 0 heterocycles. The molecule has 11 heteroatoms. The lowest BCUT2D eigenvalue weighted by atomic mass is 9.93. The molecule has 192 valence electrons. The molecule has 0 aromatic rings. The number of nitrogens with zero attached hydrogens (tertiary/aromatic N) is 7. The molecule has 0 radical (unpaired) electrons. The second-order valence-corrected chi connectivity index (χ2v) is 8.54. The summed E-state index contributed by atoms with van der Waals surface area (Å²) >= 11 is 0. The lowest BCUT2D eigenvalue weighted by molar-refractivity contribution is -0.140. The molecule has 0 aromatic heterocycles. The summed E-state index contributed by atoms with van der Waals surface area (Å²) in [4.78, 5) is 43.3. The summed E-state index contributed by atoms with van der Waals surface area (Å²) in [6.07, 6.45) is 11.9. The molecule has 0 aromatic carbocycles. The Hall–Kier alpha value is -2.77. The maximum Gasteiger partial charge on any atom is 0.303 e. The molecular formula is C23H41N7O4. The van der Waals surface area contributed by atoms with Gasteiger partial charge in [0.2, 0.25) is 5.91 Å². The first-order valence-electron chi connectivity index (χ1n) is 12.5. The maximum atomic E-state index is 13.0. The van der Waals surface area contributed by atoms with Crippen molar-refractivity contribution in [2.24, 2.45) is 16.1 Å². The first-order chi connectivity index (χ1) is 16.5. The molecule has 0 aliphatic heterocycles. The Labute approximate surface area is 202 Å². The molecule has 1 amide bonds. The number of azide groups is 2. The molecule has 0 spiro atoms. The van der Waals surface area contributed by atoms with Gasteiger partial charge in [-0.1, -0.05) is 74.9 Å². The van der Waals surface area contributed by atoms with Crippen molar-refractivity contribution in [3.63, 3.8) is 0 Å². The van der Waals surface area contributed by atoms with Crippen LogP contribution in [0.25, 0.3) is 20.9 Å². The Balaban J connectivity index is 4.63. The van der Waals surface area contributed by atoms with Crippen molar-refractivity contribution in [2.75, 3.05) is 26.2 Å². The van der Waals surface area contributed by atoms with Gasteiger partial charge in [-0.15, -0.1) is 0 Å². The van der Waals surface area contributed by atoms with E-state index in [1.165, 1.54) is 49.8 Å². The molecular weight excluding hydrogens is 438 g/mol. The van der Waals surface area contributed by atoms with Gasteiger partial charge in [0.25, 0.3) is 0 Å². The van der Waals surface area contributed by atoms with E-state index in [4.69, 9.17) is 16.2 Å². The predicted octanol–water partition coefficient (Wildman–Crippen LogP) is 6.19. The Morgan fingerprint density at radius 1 is 0.824 bits per heavy atom. The van der Waals surface area contributed by atoms with E-state index in [0.29, 0.717) is 6.42 Å². The third-order valence-electron chi connectivity index (χ3n) is 5.72. The van der Waals surface area contributed by atoms with Crippen LogP contribution in [0.4, 0.5) is 0 Å². The van der Waals surface area contributed by atoms with E-state index in [-0.39, 0.29) is 57.1 Å². The lowest BCUT2D eigenvalue weighted by Gasteiger charge is -2.26. The number of hydrogen-bond donors (Lipinski definition) is 1. The van der Waals surface area contributed by atoms with Crippen LogP contribution in [0.1, 0.15) is 96.8 Å². The number of rotatable bonds is 23. The number of aliphatic carboxylic acids is 1. The van der Waals surface area contributed by atoms with Gasteiger partial charge in [0.05, 0.1) is 0 Å². The third-order valence-corrected chi connectivity index (χ3v) is 5.72. The topological polar surface area (TPSA) is 172 Å². The maximum absolute atomic E-state index is 13.0. The molecule has 0 rings (SSSR count). The molecule has 11 nitrogen and oxygen atoms in total. The minimum atomic E-state index is -1.03. The minimum absolute atomic E-state index is 0.0108. The Morgan fingerprint density at radius 2 is 1.32 bits per heavy atom. The van der Waals surface area contributed by atoms with Crippen LogP contribution in [0.2, 0.25) is 0 Å². The van der Waals surface area contributed by atoms with E-state index in [9.17, 15) is 14.4 Å². The SMILES string of the molecule is CCCCCCCCCCCCC(=O)C[C@H](CCC(=O)O)C(=O)N(CCN=[N+]=[N-])CCN=[N+]=[N-]. The summed E-state index contributed by atoms with van der Waals surface area (Å²) in [6.45, 7) is 2.51. The number of Topliss-reactive ketones (excluding diaryl/α,β-unsaturated/α-hetero) is 1. The van der Waals surface area contributed by atoms with Crippen LogP contribution in [0.5, 0.6) is 0 Å². The summed E-state index contributed by atoms with van der Waals surface area (Å²) < 4.78 is 0. The van der Waals surface area contributed by atoms with Crippen LogP contribution >= 0.6 is 0 Å². The molecule has 0 fully saturated rings. The van der Waals surface area contributed by atoms with Gasteiger partial charge in [0.15, 0.2) is 0 Å². The zero-order valence-corrected chi connectivity index (χ0v) is 20.6. The standard InChI is InChI=1S/C23H41N7O4/c1-2-3-4-5-6-7-8-9-10-11-12-21(31)19-20(13-14-22(32)33)23(34)30(17-15-26-28-24)18-16-27-29-25/h20H,2-19H2,1H3,(H,32,33)/t20-/m0/s1. The normalized spacial score (nSPS) is 11.2. The van der Waals surface area contributed by atoms with Gasteiger partial charge in [-0.25, -0.2) is 0 Å². The van der Waals surface area contributed by atoms with E-state index in [1.54, 1.807) is 0 Å². The van der Waals surface area contributed by atoms with Crippen molar-refractivity contribution in [1.82, 2.24) is 4.90 Å². The molecule has 34 heavy (non-hydrogen) atoms. The predicted molar refractivity (Wildman–Crippen MR) is 131 cm³/mol. The number of amides is 1. The summed E-state index contributed by atoms with van der Waals surface area (Å²) in [5.74, 6) is -2.22. The molecule has 0 bridgehead atoms. The number of carboxylic acid groups (broad SMARTS) is 1. The fourth-order valence-corrected chi connectivity index (χ4v) is 3.81. The van der Waals surface area contributed by atoms with Crippen LogP contribution in [-0.4, -0.2) is 53.8 Å². The second kappa shape index (κ2) is 22.0. The van der Waals surface area contributed by atoms with E-state index < -0.39 is 11.9 Å². The van der Waals surface area contributed by atoms with Gasteiger partial charge < -0.3 is 10.0 Å². The van der Waals surface area contributed by atoms with Crippen molar-refractivity contribution in [3.05, 3.63) is 20.9 Å². The summed E-state index contributed by atoms with van der Waals surface area (Å²) in [6, 6.07) is 0. The summed E-state index contributed by atoms with van der Waals surface area (Å²) in [5, 5.41) is 15.9. The highest BCUT2D eigenvalue weighted by atomic mass is 16.4. The van der Waals surface area contributed by atoms with Crippen molar-refractivity contribution in [3.8, 4) is 0 Å². The number of unbranched alkanes of at least 4 members (excludes halogenated alkanes) is 9. The molecule has 0 aliphatic rings. The van der Waals surface area contributed by atoms with E-state index in [1.807, 2.05) is 0 Å². The van der Waals surface area contributed by atoms with Crippen LogP contribution in [0.3, 0.4) is 0 Å². The average Bonchev–Trinajstić information content (AvgIpc) is 2.81. The van der Waals surface area contributed by atoms with Gasteiger partial charge in [-0.2, -0.15) is 0 Å². The largest absolute Gasteiger partial charge is 0.481 e. The number of carbonyl (C=O) groups excluding carboxylic acids is 2. The van der Waals surface area contributed by atoms with E-state index >= 15 is 0 Å². The average molecular weight is 480 g/mol. The zero-order valence-electron chi connectivity index (χ0n) is 20.6. The molecule has 1 N–H and O–H groups in total. The Kier molecular flexibility index (Phi) is 20.2. The van der Waals surface area contributed by atoms with Crippen LogP contribution in [-0.2, 0) is 14.4 Å². The van der Waals surface area contributed by atoms with Gasteiger partial charge in [-0.05, 0) is 23.9 Å². The second-order valence-electron chi connectivity index (χ2n) is 8.54. The third kappa shape index (κ3) is 17.7. The first kappa shape index (κ1) is 31.2. The van der Waals surface area contributed by atoms with Crippen LogP contribution in [0, 0.1) is 5.92 Å². The quantitative estimate of drug-likeness (QED) is 0.0797. The Bertz CT molecular complexity index is 667. The van der Waals surface area contributed by atoms with E-state index in [0.717, 1.165) is 19.3 Å². The molecule has 0 unspecified atom stereocenters. The summed E-state index contributed by atoms with van der Waals surface area (Å²) in [5.41, 5.74) is 17.0. The van der Waals surface area contributed by atoms with E-state index in [2.05, 4.69) is 27.0 Å². The number of hydrogen-bond acceptors (Lipinski definition) is 5. The highest BCUT2D eigenvalue weighted by molar-refractivity contribution is 5.87. The molecule has 0 aliphatic carbocycles. The fraction of sp³-hybridized carbons (Fsp3) is 0.870. The molecule has 0 saturated carbocycles.